The molecule has 1 heterocycles. The molecule has 7 heteroatoms. The third kappa shape index (κ3) is 4.39. The lowest BCUT2D eigenvalue weighted by molar-refractivity contribution is -0.157. The van der Waals surface area contributed by atoms with Crippen LogP contribution in [0.2, 0.25) is 5.02 Å². The van der Waals surface area contributed by atoms with Crippen molar-refractivity contribution in [2.45, 2.75) is 12.2 Å². The average Bonchev–Trinajstić information content (AvgIpc) is 2.48. The van der Waals surface area contributed by atoms with Gasteiger partial charge in [-0.25, -0.2) is 4.79 Å². The molecule has 1 aliphatic heterocycles. The summed E-state index contributed by atoms with van der Waals surface area (Å²) in [5.74, 6) is -0.0778. The summed E-state index contributed by atoms with van der Waals surface area (Å²) < 4.78 is 11.5. The highest BCUT2D eigenvalue weighted by Gasteiger charge is 2.30. The molecule has 0 bridgehead atoms. The second-order valence-corrected chi connectivity index (χ2v) is 5.67. The maximum atomic E-state index is 11.6. The first-order valence-corrected chi connectivity index (χ1v) is 7.62. The van der Waals surface area contributed by atoms with Crippen molar-refractivity contribution in [1.29, 1.82) is 0 Å². The number of aliphatic carboxylic acids is 1. The van der Waals surface area contributed by atoms with E-state index in [9.17, 15) is 9.90 Å². The van der Waals surface area contributed by atoms with Crippen molar-refractivity contribution < 1.29 is 19.4 Å². The van der Waals surface area contributed by atoms with Gasteiger partial charge in [0.05, 0.1) is 6.10 Å². The Bertz CT molecular complexity index is 692. The maximum absolute atomic E-state index is 11.6. The van der Waals surface area contributed by atoms with E-state index in [2.05, 4.69) is 5.32 Å². The number of para-hydroxylation sites is 1. The predicted molar refractivity (Wildman–Crippen MR) is 93.3 cm³/mol. The molecule has 0 aromatic heterocycles. The summed E-state index contributed by atoms with van der Waals surface area (Å²) in [6.07, 6.45) is -1.21. The zero-order chi connectivity index (χ0) is 16.2. The fraction of sp³-hybridized carbons (Fsp3) is 0.235. The Labute approximate surface area is 150 Å². The average molecular weight is 370 g/mol. The summed E-state index contributed by atoms with van der Waals surface area (Å²) in [6.45, 7) is 1.29. The first-order valence-electron chi connectivity index (χ1n) is 7.25. The zero-order valence-electron chi connectivity index (χ0n) is 12.6. The van der Waals surface area contributed by atoms with Gasteiger partial charge in [-0.3, -0.25) is 0 Å². The van der Waals surface area contributed by atoms with Gasteiger partial charge >= 0.3 is 5.97 Å². The Kier molecular flexibility index (Phi) is 6.45. The van der Waals surface area contributed by atoms with E-state index in [1.807, 2.05) is 18.2 Å². The van der Waals surface area contributed by atoms with Crippen LogP contribution >= 0.6 is 24.0 Å². The van der Waals surface area contributed by atoms with Crippen LogP contribution in [0.15, 0.2) is 48.5 Å². The lowest BCUT2D eigenvalue weighted by Gasteiger charge is -2.30. The summed E-state index contributed by atoms with van der Waals surface area (Å²) in [6, 6.07) is 14.0. The standard InChI is InChI=1S/C17H16ClNO4.ClH/c18-11-6-7-14(16(17(20)21)23-13-9-19-10-13)15(8-11)22-12-4-2-1-3-5-12;/h1-8,13,16,19H,9-10H2,(H,20,21);1H. The molecule has 0 aliphatic carbocycles. The van der Waals surface area contributed by atoms with E-state index < -0.39 is 12.1 Å². The zero-order valence-corrected chi connectivity index (χ0v) is 14.2. The third-order valence-electron chi connectivity index (χ3n) is 3.53. The van der Waals surface area contributed by atoms with Crippen LogP contribution in [0.25, 0.3) is 0 Å². The van der Waals surface area contributed by atoms with Gasteiger partial charge in [0.1, 0.15) is 11.5 Å². The van der Waals surface area contributed by atoms with Crippen LogP contribution in [0.5, 0.6) is 11.5 Å². The lowest BCUT2D eigenvalue weighted by Crippen LogP contribution is -2.49. The van der Waals surface area contributed by atoms with E-state index in [0.29, 0.717) is 35.2 Å². The van der Waals surface area contributed by atoms with Gasteiger partial charge in [-0.05, 0) is 24.3 Å². The third-order valence-corrected chi connectivity index (χ3v) is 3.76. The molecule has 1 fully saturated rings. The van der Waals surface area contributed by atoms with Crippen molar-refractivity contribution in [2.75, 3.05) is 13.1 Å². The molecule has 1 saturated heterocycles. The highest BCUT2D eigenvalue weighted by atomic mass is 35.5. The van der Waals surface area contributed by atoms with Crippen molar-refractivity contribution >= 4 is 30.0 Å². The molecule has 2 aromatic rings. The molecule has 5 nitrogen and oxygen atoms in total. The number of nitrogens with one attached hydrogen (secondary N) is 1. The van der Waals surface area contributed by atoms with Crippen LogP contribution in [0, 0.1) is 0 Å². The topological polar surface area (TPSA) is 67.8 Å². The van der Waals surface area contributed by atoms with E-state index >= 15 is 0 Å². The number of benzene rings is 2. The Morgan fingerprint density at radius 3 is 2.50 bits per heavy atom. The minimum absolute atomic E-state index is 0. The molecule has 1 atom stereocenters. The quantitative estimate of drug-likeness (QED) is 0.812. The van der Waals surface area contributed by atoms with Crippen LogP contribution in [0.3, 0.4) is 0 Å². The molecule has 2 aromatic carbocycles. The van der Waals surface area contributed by atoms with Crippen LogP contribution < -0.4 is 10.1 Å². The van der Waals surface area contributed by atoms with Gasteiger partial charge in [-0.15, -0.1) is 12.4 Å². The number of carbonyl (C=O) groups is 1. The normalized spacial score (nSPS) is 15.0. The van der Waals surface area contributed by atoms with E-state index in [1.54, 1.807) is 30.3 Å². The molecule has 3 rings (SSSR count). The summed E-state index contributed by atoms with van der Waals surface area (Å²) >= 11 is 6.03. The van der Waals surface area contributed by atoms with E-state index in [1.165, 1.54) is 0 Å². The highest BCUT2D eigenvalue weighted by molar-refractivity contribution is 6.30. The Morgan fingerprint density at radius 1 is 1.21 bits per heavy atom. The van der Waals surface area contributed by atoms with Crippen molar-refractivity contribution in [3.8, 4) is 11.5 Å². The van der Waals surface area contributed by atoms with Crippen molar-refractivity contribution in [3.63, 3.8) is 0 Å². The van der Waals surface area contributed by atoms with Crippen molar-refractivity contribution in [1.82, 2.24) is 5.32 Å². The van der Waals surface area contributed by atoms with Gasteiger partial charge in [0.15, 0.2) is 6.10 Å². The number of carboxylic acid groups (broad SMARTS) is 1. The van der Waals surface area contributed by atoms with Crippen LogP contribution in [0.4, 0.5) is 0 Å². The molecular formula is C17H17Cl2NO4. The van der Waals surface area contributed by atoms with Crippen molar-refractivity contribution in [3.05, 3.63) is 59.1 Å². The first kappa shape index (κ1) is 18.5. The molecule has 0 radical (unpaired) electrons. The maximum Gasteiger partial charge on any atom is 0.337 e. The van der Waals surface area contributed by atoms with Gasteiger partial charge in [-0.2, -0.15) is 0 Å². The minimum Gasteiger partial charge on any atom is -0.479 e. The summed E-state index contributed by atoms with van der Waals surface area (Å²) in [7, 11) is 0. The Hall–Kier alpha value is -1.79. The molecule has 1 unspecified atom stereocenters. The van der Waals surface area contributed by atoms with Crippen LogP contribution in [-0.2, 0) is 9.53 Å². The largest absolute Gasteiger partial charge is 0.479 e. The van der Waals surface area contributed by atoms with Gasteiger partial charge in [-0.1, -0.05) is 35.9 Å². The number of hydrogen-bond donors (Lipinski definition) is 2. The Balaban J connectivity index is 0.00000208. The smallest absolute Gasteiger partial charge is 0.337 e. The number of halogens is 2. The first-order chi connectivity index (χ1) is 11.1. The van der Waals surface area contributed by atoms with Gasteiger partial charge in [0.2, 0.25) is 0 Å². The lowest BCUT2D eigenvalue weighted by atomic mass is 10.1. The molecule has 128 valence electrons. The number of carboxylic acids is 1. The molecule has 0 saturated carbocycles. The van der Waals surface area contributed by atoms with E-state index in [0.717, 1.165) is 0 Å². The fourth-order valence-corrected chi connectivity index (χ4v) is 2.41. The summed E-state index contributed by atoms with van der Waals surface area (Å²) in [5, 5.41) is 13.0. The van der Waals surface area contributed by atoms with Crippen molar-refractivity contribution in [2.24, 2.45) is 0 Å². The minimum atomic E-state index is -1.10. The monoisotopic (exact) mass is 369 g/mol. The van der Waals surface area contributed by atoms with E-state index in [4.69, 9.17) is 21.1 Å². The van der Waals surface area contributed by atoms with Gasteiger partial charge in [0, 0.05) is 23.7 Å². The van der Waals surface area contributed by atoms with E-state index in [-0.39, 0.29) is 18.5 Å². The number of ether oxygens (including phenoxy) is 2. The highest BCUT2D eigenvalue weighted by Crippen LogP contribution is 2.34. The molecule has 24 heavy (non-hydrogen) atoms. The molecular weight excluding hydrogens is 353 g/mol. The second-order valence-electron chi connectivity index (χ2n) is 5.23. The van der Waals surface area contributed by atoms with Crippen LogP contribution in [-0.4, -0.2) is 30.3 Å². The second kappa shape index (κ2) is 8.35. The SMILES string of the molecule is Cl.O=C(O)C(OC1CNC1)c1ccc(Cl)cc1Oc1ccccc1. The molecule has 0 spiro atoms. The predicted octanol–water partition coefficient (Wildman–Crippen LogP) is 3.67. The number of hydrogen-bond acceptors (Lipinski definition) is 4. The molecule has 0 amide bonds. The molecule has 1 aliphatic rings. The fourth-order valence-electron chi connectivity index (χ4n) is 2.24. The van der Waals surface area contributed by atoms with Crippen LogP contribution in [0.1, 0.15) is 11.7 Å². The summed E-state index contributed by atoms with van der Waals surface area (Å²) in [4.78, 5) is 11.6. The van der Waals surface area contributed by atoms with Gasteiger partial charge in [0.25, 0.3) is 0 Å². The number of rotatable bonds is 6. The summed E-state index contributed by atoms with van der Waals surface area (Å²) in [5.41, 5.74) is 0.442. The van der Waals surface area contributed by atoms with Gasteiger partial charge < -0.3 is 19.9 Å². The Morgan fingerprint density at radius 2 is 1.92 bits per heavy atom. The molecule has 2 N–H and O–H groups in total.